The Kier molecular flexibility index (Phi) is 5.93. The van der Waals surface area contributed by atoms with Crippen molar-refractivity contribution in [2.45, 2.75) is 12.1 Å². The molecule has 9 heteroatoms. The Bertz CT molecular complexity index is 791. The van der Waals surface area contributed by atoms with Gasteiger partial charge in [0.05, 0.1) is 5.04 Å². The lowest BCUT2D eigenvalue weighted by Gasteiger charge is -2.10. The Balaban J connectivity index is 2.24. The van der Waals surface area contributed by atoms with Gasteiger partial charge in [0, 0.05) is 17.4 Å². The lowest BCUT2D eigenvalue weighted by Crippen LogP contribution is -2.15. The number of nitrogens with zero attached hydrogens (tertiary/aromatic N) is 2. The molecule has 0 radical (unpaired) electrons. The Hall–Kier alpha value is -2.39. The molecule has 0 saturated heterocycles. The standard InChI is InChI=1S/C15H16N6OS2/c1-8(16)24-13(18)9-3-5-10(6-4-9)20-14-11(12(17)22)7-19-15(21-14)23-2/h3-7,16,18H,1-2H3,(H2,17,22)(H,19,20,21). The van der Waals surface area contributed by atoms with Gasteiger partial charge in [-0.25, -0.2) is 9.97 Å². The molecule has 7 nitrogen and oxygen atoms in total. The number of carbonyl (C=O) groups excluding carboxylic acids is 1. The number of amides is 1. The second kappa shape index (κ2) is 7.93. The topological polar surface area (TPSA) is 129 Å². The largest absolute Gasteiger partial charge is 0.365 e. The summed E-state index contributed by atoms with van der Waals surface area (Å²) in [5.74, 6) is -0.268. The van der Waals surface area contributed by atoms with Gasteiger partial charge in [-0.3, -0.25) is 15.6 Å². The van der Waals surface area contributed by atoms with Crippen LogP contribution in [-0.4, -0.2) is 32.2 Å². The number of hydrogen-bond donors (Lipinski definition) is 4. The van der Waals surface area contributed by atoms with Crippen molar-refractivity contribution in [1.82, 2.24) is 9.97 Å². The van der Waals surface area contributed by atoms with Crippen LogP contribution in [0.1, 0.15) is 22.8 Å². The van der Waals surface area contributed by atoms with Gasteiger partial charge < -0.3 is 11.1 Å². The molecule has 0 spiro atoms. The molecule has 5 N–H and O–H groups in total. The zero-order valence-electron chi connectivity index (χ0n) is 13.1. The third kappa shape index (κ3) is 4.56. The van der Waals surface area contributed by atoms with Crippen molar-refractivity contribution in [3.8, 4) is 0 Å². The van der Waals surface area contributed by atoms with Crippen molar-refractivity contribution in [2.24, 2.45) is 5.73 Å². The van der Waals surface area contributed by atoms with Crippen molar-refractivity contribution in [3.63, 3.8) is 0 Å². The maximum atomic E-state index is 11.5. The highest BCUT2D eigenvalue weighted by Crippen LogP contribution is 2.22. The molecule has 0 fully saturated rings. The van der Waals surface area contributed by atoms with E-state index >= 15 is 0 Å². The zero-order valence-corrected chi connectivity index (χ0v) is 14.7. The van der Waals surface area contributed by atoms with E-state index in [1.165, 1.54) is 18.0 Å². The van der Waals surface area contributed by atoms with Crippen LogP contribution in [0.25, 0.3) is 0 Å². The second-order valence-electron chi connectivity index (χ2n) is 4.67. The Morgan fingerprint density at radius 2 is 1.92 bits per heavy atom. The van der Waals surface area contributed by atoms with Gasteiger partial charge in [0.2, 0.25) is 0 Å². The fourth-order valence-electron chi connectivity index (χ4n) is 1.79. The van der Waals surface area contributed by atoms with E-state index in [1.54, 1.807) is 31.2 Å². The summed E-state index contributed by atoms with van der Waals surface area (Å²) < 4.78 is 0. The number of aromatic nitrogens is 2. The molecule has 1 heterocycles. The number of rotatable bonds is 5. The summed E-state index contributed by atoms with van der Waals surface area (Å²) in [4.78, 5) is 19.8. The van der Waals surface area contributed by atoms with Crippen molar-refractivity contribution in [2.75, 3.05) is 11.6 Å². The fraction of sp³-hybridized carbons (Fsp3) is 0.133. The first kappa shape index (κ1) is 18.0. The number of primary amides is 1. The van der Waals surface area contributed by atoms with Crippen molar-refractivity contribution in [1.29, 1.82) is 10.8 Å². The number of nitrogens with two attached hydrogens (primary N) is 1. The summed E-state index contributed by atoms with van der Waals surface area (Å²) in [6.07, 6.45) is 3.24. The quantitative estimate of drug-likeness (QED) is 0.281. The molecule has 124 valence electrons. The predicted molar refractivity (Wildman–Crippen MR) is 99.9 cm³/mol. The van der Waals surface area contributed by atoms with Crippen LogP contribution in [0.15, 0.2) is 35.6 Å². The molecule has 0 aliphatic rings. The summed E-state index contributed by atoms with van der Waals surface area (Å²) in [5, 5.41) is 19.6. The van der Waals surface area contributed by atoms with Crippen LogP contribution >= 0.6 is 23.5 Å². The van der Waals surface area contributed by atoms with Crippen LogP contribution in [0.3, 0.4) is 0 Å². The zero-order chi connectivity index (χ0) is 17.7. The maximum absolute atomic E-state index is 11.5. The predicted octanol–water partition coefficient (Wildman–Crippen LogP) is 3.10. The van der Waals surface area contributed by atoms with Gasteiger partial charge in [0.25, 0.3) is 5.91 Å². The third-order valence-corrected chi connectivity index (χ3v) is 4.19. The van der Waals surface area contributed by atoms with Crippen LogP contribution in [0.5, 0.6) is 0 Å². The molecule has 24 heavy (non-hydrogen) atoms. The summed E-state index contributed by atoms with van der Waals surface area (Å²) in [7, 11) is 0. The van der Waals surface area contributed by atoms with Gasteiger partial charge in [-0.15, -0.1) is 0 Å². The van der Waals surface area contributed by atoms with Crippen LogP contribution < -0.4 is 11.1 Å². The first-order valence-electron chi connectivity index (χ1n) is 6.80. The second-order valence-corrected chi connectivity index (χ2v) is 6.67. The summed E-state index contributed by atoms with van der Waals surface area (Å²) in [5.41, 5.74) is 6.97. The Morgan fingerprint density at radius 1 is 1.25 bits per heavy atom. The molecule has 1 aromatic heterocycles. The number of carbonyl (C=O) groups is 1. The van der Waals surface area contributed by atoms with E-state index < -0.39 is 5.91 Å². The number of anilines is 2. The highest BCUT2D eigenvalue weighted by Gasteiger charge is 2.12. The van der Waals surface area contributed by atoms with Crippen LogP contribution in [0.4, 0.5) is 11.5 Å². The number of thioether (sulfide) groups is 2. The van der Waals surface area contributed by atoms with Gasteiger partial charge in [0.1, 0.15) is 16.4 Å². The Morgan fingerprint density at radius 3 is 2.46 bits per heavy atom. The van der Waals surface area contributed by atoms with Gasteiger partial charge in [0.15, 0.2) is 5.16 Å². The average Bonchev–Trinajstić information content (AvgIpc) is 2.54. The van der Waals surface area contributed by atoms with E-state index in [9.17, 15) is 4.79 Å². The van der Waals surface area contributed by atoms with Crippen molar-refractivity contribution in [3.05, 3.63) is 41.6 Å². The smallest absolute Gasteiger partial charge is 0.254 e. The van der Waals surface area contributed by atoms with E-state index in [0.29, 0.717) is 32.3 Å². The molecule has 0 aliphatic carbocycles. The third-order valence-electron chi connectivity index (χ3n) is 2.88. The number of nitrogens with one attached hydrogen (secondary N) is 3. The van der Waals surface area contributed by atoms with Gasteiger partial charge in [-0.1, -0.05) is 35.7 Å². The average molecular weight is 360 g/mol. The number of hydrogen-bond acceptors (Lipinski definition) is 8. The SMILES string of the molecule is CSc1ncc(C(N)=O)c(Nc2ccc(C(=N)SC(C)=N)cc2)n1. The molecule has 1 aromatic carbocycles. The minimum atomic E-state index is -0.610. The van der Waals surface area contributed by atoms with Crippen molar-refractivity contribution >= 4 is 51.0 Å². The molecular formula is C15H16N6OS2. The highest BCUT2D eigenvalue weighted by atomic mass is 32.2. The minimum absolute atomic E-state index is 0.208. The summed E-state index contributed by atoms with van der Waals surface area (Å²) in [6.45, 7) is 1.64. The van der Waals surface area contributed by atoms with Gasteiger partial charge >= 0.3 is 0 Å². The van der Waals surface area contributed by atoms with E-state index in [-0.39, 0.29) is 5.56 Å². The number of benzene rings is 1. The van der Waals surface area contributed by atoms with E-state index in [0.717, 1.165) is 11.8 Å². The molecule has 0 atom stereocenters. The fourth-order valence-corrected chi connectivity index (χ4v) is 2.69. The van der Waals surface area contributed by atoms with Crippen LogP contribution in [0.2, 0.25) is 0 Å². The lowest BCUT2D eigenvalue weighted by molar-refractivity contribution is 0.100. The molecular weight excluding hydrogens is 344 g/mol. The molecule has 0 bridgehead atoms. The molecule has 0 unspecified atom stereocenters. The molecule has 1 amide bonds. The molecule has 2 rings (SSSR count). The first-order chi connectivity index (χ1) is 11.4. The normalized spacial score (nSPS) is 10.2. The highest BCUT2D eigenvalue weighted by molar-refractivity contribution is 8.26. The van der Waals surface area contributed by atoms with Crippen LogP contribution in [-0.2, 0) is 0 Å². The van der Waals surface area contributed by atoms with E-state index in [1.807, 2.05) is 6.26 Å². The monoisotopic (exact) mass is 360 g/mol. The summed E-state index contributed by atoms with van der Waals surface area (Å²) >= 11 is 2.45. The van der Waals surface area contributed by atoms with E-state index in [4.69, 9.17) is 16.6 Å². The van der Waals surface area contributed by atoms with Crippen LogP contribution in [0, 0.1) is 10.8 Å². The lowest BCUT2D eigenvalue weighted by atomic mass is 10.2. The van der Waals surface area contributed by atoms with Crippen molar-refractivity contribution < 1.29 is 4.79 Å². The molecule has 2 aromatic rings. The minimum Gasteiger partial charge on any atom is -0.365 e. The summed E-state index contributed by atoms with van der Waals surface area (Å²) in [6, 6.07) is 7.08. The molecule has 0 saturated carbocycles. The maximum Gasteiger partial charge on any atom is 0.254 e. The van der Waals surface area contributed by atoms with Gasteiger partial charge in [-0.2, -0.15) is 0 Å². The molecule has 0 aliphatic heterocycles. The first-order valence-corrected chi connectivity index (χ1v) is 8.84. The van der Waals surface area contributed by atoms with Gasteiger partial charge in [-0.05, 0) is 25.3 Å². The van der Waals surface area contributed by atoms with E-state index in [2.05, 4.69) is 15.3 Å². The Labute approximate surface area is 147 Å².